The first kappa shape index (κ1) is 13.6. The predicted molar refractivity (Wildman–Crippen MR) is 78.1 cm³/mol. The van der Waals surface area contributed by atoms with E-state index in [1.807, 2.05) is 0 Å². The molecule has 0 N–H and O–H groups in total. The largest absolute Gasteiger partial charge is 0.231 e. The molecule has 0 aromatic rings. The zero-order valence-electron chi connectivity index (χ0n) is 9.85. The number of halogens is 1. The molecule has 0 heterocycles. The second-order valence-electron chi connectivity index (χ2n) is 5.70. The maximum absolute atomic E-state index is 4.63. The Balaban J connectivity index is 2.51. The third kappa shape index (κ3) is 4.12. The van der Waals surface area contributed by atoms with Crippen LogP contribution in [-0.2, 0) is 0 Å². The normalized spacial score (nSPS) is 32.1. The molecule has 3 heteroatoms. The summed E-state index contributed by atoms with van der Waals surface area (Å²) in [5, 5.41) is 2.49. The lowest BCUT2D eigenvalue weighted by Crippen LogP contribution is -2.35. The van der Waals surface area contributed by atoms with Gasteiger partial charge in [0.05, 0.1) is 11.7 Å². The molecule has 0 radical (unpaired) electrons. The molecular formula is C12H20INS. The SMILES string of the molecule is CC(C)(C)C1CCC(I)(CN=C=S)CC1. The highest BCUT2D eigenvalue weighted by Gasteiger charge is 2.36. The monoisotopic (exact) mass is 337 g/mol. The smallest absolute Gasteiger partial charge is 0.0638 e. The van der Waals surface area contributed by atoms with Crippen molar-refractivity contribution in [3.63, 3.8) is 0 Å². The predicted octanol–water partition coefficient (Wildman–Crippen LogP) is 4.50. The van der Waals surface area contributed by atoms with Gasteiger partial charge < -0.3 is 0 Å². The number of aliphatic imine (C=N–C) groups is 1. The van der Waals surface area contributed by atoms with Gasteiger partial charge in [-0.2, -0.15) is 0 Å². The van der Waals surface area contributed by atoms with Crippen LogP contribution in [0.25, 0.3) is 0 Å². The van der Waals surface area contributed by atoms with Crippen LogP contribution in [0, 0.1) is 11.3 Å². The van der Waals surface area contributed by atoms with Crippen molar-refractivity contribution in [1.29, 1.82) is 0 Å². The molecule has 1 aliphatic carbocycles. The van der Waals surface area contributed by atoms with Crippen molar-refractivity contribution in [1.82, 2.24) is 0 Å². The van der Waals surface area contributed by atoms with Crippen LogP contribution < -0.4 is 0 Å². The highest BCUT2D eigenvalue weighted by atomic mass is 127. The van der Waals surface area contributed by atoms with Crippen LogP contribution in [-0.4, -0.2) is 15.1 Å². The number of rotatable bonds is 2. The van der Waals surface area contributed by atoms with E-state index in [1.165, 1.54) is 25.7 Å². The molecule has 0 aromatic heterocycles. The van der Waals surface area contributed by atoms with E-state index in [4.69, 9.17) is 0 Å². The van der Waals surface area contributed by atoms with Crippen LogP contribution in [0.4, 0.5) is 0 Å². The van der Waals surface area contributed by atoms with Crippen molar-refractivity contribution in [2.24, 2.45) is 16.3 Å². The highest BCUT2D eigenvalue weighted by molar-refractivity contribution is 14.1. The molecule has 0 bridgehead atoms. The average Bonchev–Trinajstić information content (AvgIpc) is 2.14. The number of hydrogen-bond donors (Lipinski definition) is 0. The molecule has 0 saturated heterocycles. The molecular weight excluding hydrogens is 317 g/mol. The maximum Gasteiger partial charge on any atom is 0.0638 e. The first-order valence-corrected chi connectivity index (χ1v) is 7.09. The van der Waals surface area contributed by atoms with E-state index in [1.54, 1.807) is 0 Å². The van der Waals surface area contributed by atoms with Gasteiger partial charge in [0.2, 0.25) is 0 Å². The molecule has 1 saturated carbocycles. The topological polar surface area (TPSA) is 12.4 Å². The molecule has 0 aliphatic heterocycles. The summed E-state index contributed by atoms with van der Waals surface area (Å²) in [6.07, 6.45) is 5.21. The van der Waals surface area contributed by atoms with Crippen molar-refractivity contribution in [2.45, 2.75) is 49.9 Å². The lowest BCUT2D eigenvalue weighted by atomic mass is 9.70. The van der Waals surface area contributed by atoms with Gasteiger partial charge in [-0.05, 0) is 49.2 Å². The second kappa shape index (κ2) is 5.24. The van der Waals surface area contributed by atoms with Gasteiger partial charge in [-0.25, -0.2) is 4.99 Å². The first-order chi connectivity index (χ1) is 6.87. The lowest BCUT2D eigenvalue weighted by Gasteiger charge is -2.40. The Morgan fingerprint density at radius 1 is 1.40 bits per heavy atom. The van der Waals surface area contributed by atoms with Crippen LogP contribution >= 0.6 is 34.8 Å². The number of isothiocyanates is 1. The zero-order valence-corrected chi connectivity index (χ0v) is 12.8. The van der Waals surface area contributed by atoms with Gasteiger partial charge in [0.1, 0.15) is 0 Å². The average molecular weight is 337 g/mol. The van der Waals surface area contributed by atoms with Gasteiger partial charge in [-0.15, -0.1) is 0 Å². The van der Waals surface area contributed by atoms with Crippen LogP contribution in [0.3, 0.4) is 0 Å². The van der Waals surface area contributed by atoms with Gasteiger partial charge in [-0.1, -0.05) is 43.4 Å². The molecule has 0 aromatic carbocycles. The third-order valence-electron chi connectivity index (χ3n) is 3.53. The summed E-state index contributed by atoms with van der Waals surface area (Å²) in [6.45, 7) is 7.92. The molecule has 1 fully saturated rings. The quantitative estimate of drug-likeness (QED) is 0.313. The van der Waals surface area contributed by atoms with E-state index < -0.39 is 0 Å². The highest BCUT2D eigenvalue weighted by Crippen LogP contribution is 2.45. The first-order valence-electron chi connectivity index (χ1n) is 5.60. The Kier molecular flexibility index (Phi) is 4.75. The molecule has 0 amide bonds. The summed E-state index contributed by atoms with van der Waals surface area (Å²) in [6, 6.07) is 0. The van der Waals surface area contributed by atoms with E-state index in [0.717, 1.165) is 12.5 Å². The Hall–Kier alpha value is 0.530. The van der Waals surface area contributed by atoms with Crippen molar-refractivity contribution < 1.29 is 0 Å². The summed E-state index contributed by atoms with van der Waals surface area (Å²) < 4.78 is 0.352. The fourth-order valence-corrected chi connectivity index (χ4v) is 3.19. The Labute approximate surface area is 112 Å². The van der Waals surface area contributed by atoms with Crippen molar-refractivity contribution in [3.05, 3.63) is 0 Å². The van der Waals surface area contributed by atoms with Crippen molar-refractivity contribution in [3.8, 4) is 0 Å². The lowest BCUT2D eigenvalue weighted by molar-refractivity contribution is 0.166. The number of nitrogens with zero attached hydrogens (tertiary/aromatic N) is 1. The molecule has 0 atom stereocenters. The van der Waals surface area contributed by atoms with Crippen LogP contribution in [0.5, 0.6) is 0 Å². The number of hydrogen-bond acceptors (Lipinski definition) is 2. The summed E-state index contributed by atoms with van der Waals surface area (Å²) in [4.78, 5) is 4.11. The molecule has 1 nitrogen and oxygen atoms in total. The van der Waals surface area contributed by atoms with Gasteiger partial charge >= 0.3 is 0 Å². The van der Waals surface area contributed by atoms with Gasteiger partial charge in [0.25, 0.3) is 0 Å². The fourth-order valence-electron chi connectivity index (χ4n) is 2.33. The molecule has 1 rings (SSSR count). The summed E-state index contributed by atoms with van der Waals surface area (Å²) in [5.74, 6) is 0.872. The molecule has 15 heavy (non-hydrogen) atoms. The third-order valence-corrected chi connectivity index (χ3v) is 5.08. The standard InChI is InChI=1S/C12H20INS/c1-11(2,3)10-4-6-12(13,7-5-10)8-14-9-15/h10H,4-8H2,1-3H3. The number of thiocarbonyl (C=S) groups is 1. The Bertz CT molecular complexity index is 255. The summed E-state index contributed by atoms with van der Waals surface area (Å²) >= 11 is 7.20. The van der Waals surface area contributed by atoms with E-state index >= 15 is 0 Å². The minimum atomic E-state index is 0.352. The fraction of sp³-hybridized carbons (Fsp3) is 0.917. The Morgan fingerprint density at radius 2 is 1.93 bits per heavy atom. The minimum absolute atomic E-state index is 0.352. The maximum atomic E-state index is 4.63. The van der Waals surface area contributed by atoms with Crippen molar-refractivity contribution >= 4 is 40.0 Å². The zero-order chi connectivity index (χ0) is 11.5. The van der Waals surface area contributed by atoms with Crippen LogP contribution in [0.15, 0.2) is 4.99 Å². The number of alkyl halides is 1. The second-order valence-corrected chi connectivity index (χ2v) is 8.17. The molecule has 0 unspecified atom stereocenters. The summed E-state index contributed by atoms with van der Waals surface area (Å²) in [5.41, 5.74) is 0.464. The van der Waals surface area contributed by atoms with E-state index in [9.17, 15) is 0 Å². The van der Waals surface area contributed by atoms with Crippen LogP contribution in [0.2, 0.25) is 0 Å². The molecule has 86 valence electrons. The van der Waals surface area contributed by atoms with Gasteiger partial charge in [0, 0.05) is 3.42 Å². The minimum Gasteiger partial charge on any atom is -0.231 e. The van der Waals surface area contributed by atoms with Crippen LogP contribution in [0.1, 0.15) is 46.5 Å². The molecule has 1 aliphatic rings. The Morgan fingerprint density at radius 3 is 2.33 bits per heavy atom. The molecule has 0 spiro atoms. The van der Waals surface area contributed by atoms with E-state index in [-0.39, 0.29) is 0 Å². The summed E-state index contributed by atoms with van der Waals surface area (Å²) in [7, 11) is 0. The van der Waals surface area contributed by atoms with Gasteiger partial charge in [0.15, 0.2) is 0 Å². The van der Waals surface area contributed by atoms with E-state index in [0.29, 0.717) is 8.84 Å². The van der Waals surface area contributed by atoms with E-state index in [2.05, 4.69) is 65.7 Å². The van der Waals surface area contributed by atoms with Gasteiger partial charge in [-0.3, -0.25) is 0 Å². The van der Waals surface area contributed by atoms with Crippen molar-refractivity contribution in [2.75, 3.05) is 6.54 Å².